The third-order valence-corrected chi connectivity index (χ3v) is 5.43. The predicted molar refractivity (Wildman–Crippen MR) is 101 cm³/mol. The first-order chi connectivity index (χ1) is 12.1. The minimum Gasteiger partial charge on any atom is -0.491 e. The summed E-state index contributed by atoms with van der Waals surface area (Å²) in [5, 5.41) is 10.4. The summed E-state index contributed by atoms with van der Waals surface area (Å²) < 4.78 is 18.5. The maximum absolute atomic E-state index is 12.9. The monoisotopic (exact) mass is 361 g/mol. The van der Waals surface area contributed by atoms with Crippen LogP contribution in [0, 0.1) is 12.7 Å². The van der Waals surface area contributed by atoms with Gasteiger partial charge in [0, 0.05) is 30.6 Å². The van der Waals surface area contributed by atoms with Gasteiger partial charge in [0.25, 0.3) is 0 Å². The summed E-state index contributed by atoms with van der Waals surface area (Å²) in [4.78, 5) is 2.33. The van der Waals surface area contributed by atoms with Crippen LogP contribution in [-0.2, 0) is 0 Å². The summed E-state index contributed by atoms with van der Waals surface area (Å²) in [6, 6.07) is 14.8. The Hall–Kier alpha value is -1.56. The molecule has 0 spiro atoms. The first-order valence-electron chi connectivity index (χ1n) is 8.56. The second-order valence-corrected chi connectivity index (χ2v) is 7.56. The fourth-order valence-electron chi connectivity index (χ4n) is 3.00. The van der Waals surface area contributed by atoms with E-state index in [1.165, 1.54) is 23.3 Å². The number of benzene rings is 2. The number of aryl methyl sites for hydroxylation is 1. The lowest BCUT2D eigenvalue weighted by molar-refractivity contribution is 0.0566. The standard InChI is InChI=1S/C20H24FNO2S/c1-15-2-4-16(5-3-15)20-14-25-11-10-22(20)12-18(23)13-24-19-8-6-17(21)7-9-19/h2-9,18,20,23H,10-14H2,1H3. The van der Waals surface area contributed by atoms with Crippen LogP contribution in [0.25, 0.3) is 0 Å². The molecule has 0 amide bonds. The Kier molecular flexibility index (Phi) is 6.34. The molecule has 3 rings (SSSR count). The smallest absolute Gasteiger partial charge is 0.123 e. The number of rotatable bonds is 6. The van der Waals surface area contributed by atoms with Crippen molar-refractivity contribution < 1.29 is 14.2 Å². The fraction of sp³-hybridized carbons (Fsp3) is 0.400. The maximum Gasteiger partial charge on any atom is 0.123 e. The number of aliphatic hydroxyl groups excluding tert-OH is 1. The minimum absolute atomic E-state index is 0.204. The highest BCUT2D eigenvalue weighted by atomic mass is 32.2. The summed E-state index contributed by atoms with van der Waals surface area (Å²) in [6.07, 6.45) is -0.582. The number of aliphatic hydroxyl groups is 1. The maximum atomic E-state index is 12.9. The summed E-state index contributed by atoms with van der Waals surface area (Å²) in [5.74, 6) is 2.40. The zero-order valence-electron chi connectivity index (χ0n) is 14.4. The number of nitrogens with zero attached hydrogens (tertiary/aromatic N) is 1. The Balaban J connectivity index is 1.57. The third-order valence-electron chi connectivity index (χ3n) is 4.40. The topological polar surface area (TPSA) is 32.7 Å². The molecule has 0 aliphatic carbocycles. The van der Waals surface area contributed by atoms with Crippen molar-refractivity contribution in [2.75, 3.05) is 31.2 Å². The molecule has 2 atom stereocenters. The van der Waals surface area contributed by atoms with Crippen molar-refractivity contribution in [3.63, 3.8) is 0 Å². The fourth-order valence-corrected chi connectivity index (χ4v) is 4.16. The van der Waals surface area contributed by atoms with E-state index in [0.717, 1.165) is 18.1 Å². The summed E-state index contributed by atoms with van der Waals surface area (Å²) in [6.45, 7) is 3.82. The van der Waals surface area contributed by atoms with Gasteiger partial charge in [-0.1, -0.05) is 29.8 Å². The van der Waals surface area contributed by atoms with Crippen LogP contribution in [0.5, 0.6) is 5.75 Å². The van der Waals surface area contributed by atoms with Crippen LogP contribution in [0.3, 0.4) is 0 Å². The number of halogens is 1. The molecule has 2 unspecified atom stereocenters. The zero-order valence-corrected chi connectivity index (χ0v) is 15.2. The Morgan fingerprint density at radius 2 is 1.92 bits per heavy atom. The highest BCUT2D eigenvalue weighted by Gasteiger charge is 2.26. The zero-order chi connectivity index (χ0) is 17.6. The molecule has 2 aromatic carbocycles. The molecule has 134 valence electrons. The first-order valence-corrected chi connectivity index (χ1v) is 9.72. The first kappa shape index (κ1) is 18.2. The Labute approximate surface area is 152 Å². The number of thioether (sulfide) groups is 1. The van der Waals surface area contributed by atoms with Crippen LogP contribution >= 0.6 is 11.8 Å². The highest BCUT2D eigenvalue weighted by molar-refractivity contribution is 7.99. The molecule has 1 heterocycles. The second kappa shape index (κ2) is 8.70. The average Bonchev–Trinajstić information content (AvgIpc) is 2.63. The van der Waals surface area contributed by atoms with E-state index in [1.807, 2.05) is 11.8 Å². The third kappa shape index (κ3) is 5.21. The van der Waals surface area contributed by atoms with Gasteiger partial charge in [-0.15, -0.1) is 0 Å². The Morgan fingerprint density at radius 1 is 1.20 bits per heavy atom. The molecule has 3 nitrogen and oxygen atoms in total. The van der Waals surface area contributed by atoms with E-state index in [4.69, 9.17) is 4.74 Å². The summed E-state index contributed by atoms with van der Waals surface area (Å²) in [7, 11) is 0. The lowest BCUT2D eigenvalue weighted by atomic mass is 10.0. The van der Waals surface area contributed by atoms with Crippen molar-refractivity contribution in [1.29, 1.82) is 0 Å². The van der Waals surface area contributed by atoms with Crippen LogP contribution < -0.4 is 4.74 Å². The molecule has 1 saturated heterocycles. The largest absolute Gasteiger partial charge is 0.491 e. The van der Waals surface area contributed by atoms with E-state index >= 15 is 0 Å². The molecule has 1 aliphatic rings. The van der Waals surface area contributed by atoms with Gasteiger partial charge in [0.1, 0.15) is 24.3 Å². The van der Waals surface area contributed by atoms with Gasteiger partial charge in [0.05, 0.1) is 0 Å². The van der Waals surface area contributed by atoms with Crippen LogP contribution in [0.15, 0.2) is 48.5 Å². The lowest BCUT2D eigenvalue weighted by Crippen LogP contribution is -2.42. The van der Waals surface area contributed by atoms with Gasteiger partial charge in [-0.3, -0.25) is 4.90 Å². The molecule has 0 radical (unpaired) electrons. The van der Waals surface area contributed by atoms with Crippen LogP contribution in [-0.4, -0.2) is 47.3 Å². The van der Waals surface area contributed by atoms with E-state index < -0.39 is 6.10 Å². The molecule has 1 N–H and O–H groups in total. The van der Waals surface area contributed by atoms with Gasteiger partial charge >= 0.3 is 0 Å². The van der Waals surface area contributed by atoms with Gasteiger partial charge in [-0.25, -0.2) is 4.39 Å². The van der Waals surface area contributed by atoms with Gasteiger partial charge in [-0.05, 0) is 36.8 Å². The summed E-state index contributed by atoms with van der Waals surface area (Å²) >= 11 is 1.95. The van der Waals surface area contributed by atoms with Gasteiger partial charge in [-0.2, -0.15) is 11.8 Å². The molecule has 0 bridgehead atoms. The van der Waals surface area contributed by atoms with Crippen molar-refractivity contribution >= 4 is 11.8 Å². The Morgan fingerprint density at radius 3 is 2.64 bits per heavy atom. The van der Waals surface area contributed by atoms with Crippen LogP contribution in [0.1, 0.15) is 17.2 Å². The average molecular weight is 361 g/mol. The van der Waals surface area contributed by atoms with E-state index in [2.05, 4.69) is 36.1 Å². The SMILES string of the molecule is Cc1ccc(C2CSCCN2CC(O)COc2ccc(F)cc2)cc1. The van der Waals surface area contributed by atoms with Crippen molar-refractivity contribution in [1.82, 2.24) is 4.90 Å². The molecular formula is C20H24FNO2S. The molecule has 1 aliphatic heterocycles. The highest BCUT2D eigenvalue weighted by Crippen LogP contribution is 2.29. The lowest BCUT2D eigenvalue weighted by Gasteiger charge is -2.36. The second-order valence-electron chi connectivity index (χ2n) is 6.42. The minimum atomic E-state index is -0.582. The molecule has 0 saturated carbocycles. The predicted octanol–water partition coefficient (Wildman–Crippen LogP) is 3.66. The normalized spacial score (nSPS) is 19.6. The van der Waals surface area contributed by atoms with Crippen LogP contribution in [0.4, 0.5) is 4.39 Å². The number of hydrogen-bond acceptors (Lipinski definition) is 4. The van der Waals surface area contributed by atoms with Crippen molar-refractivity contribution in [3.8, 4) is 5.75 Å². The molecule has 0 aromatic heterocycles. The molecule has 1 fully saturated rings. The number of β-amino-alcohol motifs (C(OH)–C–C–N with tert-alkyl or cyclic N) is 1. The van der Waals surface area contributed by atoms with Gasteiger partial charge < -0.3 is 9.84 Å². The Bertz CT molecular complexity index is 662. The van der Waals surface area contributed by atoms with Gasteiger partial charge in [0.2, 0.25) is 0 Å². The molecule has 5 heteroatoms. The van der Waals surface area contributed by atoms with Crippen molar-refractivity contribution in [3.05, 3.63) is 65.5 Å². The summed E-state index contributed by atoms with van der Waals surface area (Å²) in [5.41, 5.74) is 2.55. The van der Waals surface area contributed by atoms with Crippen molar-refractivity contribution in [2.24, 2.45) is 0 Å². The van der Waals surface area contributed by atoms with E-state index in [9.17, 15) is 9.50 Å². The van der Waals surface area contributed by atoms with Crippen LogP contribution in [0.2, 0.25) is 0 Å². The molecule has 25 heavy (non-hydrogen) atoms. The van der Waals surface area contributed by atoms with E-state index in [1.54, 1.807) is 12.1 Å². The van der Waals surface area contributed by atoms with E-state index in [-0.39, 0.29) is 12.4 Å². The quantitative estimate of drug-likeness (QED) is 0.851. The molecule has 2 aromatic rings. The van der Waals surface area contributed by atoms with E-state index in [0.29, 0.717) is 18.3 Å². The molecular weight excluding hydrogens is 337 g/mol. The van der Waals surface area contributed by atoms with Crippen molar-refractivity contribution in [2.45, 2.75) is 19.1 Å². The number of ether oxygens (including phenoxy) is 1. The number of hydrogen-bond donors (Lipinski definition) is 1. The van der Waals surface area contributed by atoms with Gasteiger partial charge in [0.15, 0.2) is 0 Å².